The second-order valence-corrected chi connectivity index (χ2v) is 3.13. The topological polar surface area (TPSA) is 86.7 Å². The number of primary amides is 1. The first-order valence-electron chi connectivity index (χ1n) is 4.00. The van der Waals surface area contributed by atoms with Crippen molar-refractivity contribution >= 4 is 17.5 Å². The number of carbonyl (C=O) groups excluding carboxylic acids is 1. The minimum absolute atomic E-state index is 0.173. The predicted molar refractivity (Wildman–Crippen MR) is 52.7 cm³/mol. The van der Waals surface area contributed by atoms with Crippen LogP contribution in [0.2, 0.25) is 5.15 Å². The molecule has 0 aliphatic carbocycles. The summed E-state index contributed by atoms with van der Waals surface area (Å²) in [5, 5.41) is 7.77. The van der Waals surface area contributed by atoms with Crippen LogP contribution < -0.4 is 5.73 Å². The minimum Gasteiger partial charge on any atom is -0.364 e. The minimum atomic E-state index is -0.587. The zero-order valence-corrected chi connectivity index (χ0v) is 8.22. The lowest BCUT2D eigenvalue weighted by Gasteiger charge is -1.97. The number of imidazole rings is 1. The fraction of sp³-hybridized carbons (Fsp3) is 0. The number of nitrogens with zero attached hydrogens (tertiary/aromatic N) is 4. The number of carbonyl (C=O) groups is 1. The van der Waals surface area contributed by atoms with Crippen molar-refractivity contribution in [2.45, 2.75) is 0 Å². The summed E-state index contributed by atoms with van der Waals surface area (Å²) in [6.07, 6.45) is 2.90. The summed E-state index contributed by atoms with van der Waals surface area (Å²) >= 11 is 5.58. The second-order valence-electron chi connectivity index (χ2n) is 2.74. The molecule has 0 fully saturated rings. The van der Waals surface area contributed by atoms with Crippen molar-refractivity contribution < 1.29 is 4.79 Å². The molecule has 0 aliphatic heterocycles. The zero-order chi connectivity index (χ0) is 10.8. The smallest absolute Gasteiger partial charge is 0.268 e. The summed E-state index contributed by atoms with van der Waals surface area (Å²) < 4.78 is 1.53. The first kappa shape index (κ1) is 9.60. The highest BCUT2D eigenvalue weighted by atomic mass is 35.5. The standard InChI is InChI=1S/C8H6ClN5O/c9-6-1-2-7(13-12-6)14-3-5(8(10)15)11-4-14/h1-4H,(H2,10,15). The average Bonchev–Trinajstić information content (AvgIpc) is 2.68. The largest absolute Gasteiger partial charge is 0.364 e. The van der Waals surface area contributed by atoms with Crippen molar-refractivity contribution in [3.63, 3.8) is 0 Å². The molecule has 76 valence electrons. The normalized spacial score (nSPS) is 10.2. The lowest BCUT2D eigenvalue weighted by molar-refractivity contribution is 0.0996. The van der Waals surface area contributed by atoms with Crippen LogP contribution in [-0.2, 0) is 0 Å². The van der Waals surface area contributed by atoms with Gasteiger partial charge in [-0.15, -0.1) is 10.2 Å². The SMILES string of the molecule is NC(=O)c1cn(-c2ccc(Cl)nn2)cn1. The molecule has 2 rings (SSSR count). The molecule has 0 bridgehead atoms. The Morgan fingerprint density at radius 3 is 2.73 bits per heavy atom. The van der Waals surface area contributed by atoms with E-state index in [4.69, 9.17) is 17.3 Å². The van der Waals surface area contributed by atoms with Crippen LogP contribution in [0.3, 0.4) is 0 Å². The summed E-state index contributed by atoms with van der Waals surface area (Å²) in [6, 6.07) is 3.25. The van der Waals surface area contributed by atoms with Crippen LogP contribution in [0, 0.1) is 0 Å². The Labute approximate surface area is 89.7 Å². The lowest BCUT2D eigenvalue weighted by Crippen LogP contribution is -2.11. The van der Waals surface area contributed by atoms with Crippen LogP contribution in [0.4, 0.5) is 0 Å². The molecule has 0 saturated heterocycles. The number of hydrogen-bond acceptors (Lipinski definition) is 4. The van der Waals surface area contributed by atoms with Crippen LogP contribution in [-0.4, -0.2) is 25.7 Å². The number of nitrogens with two attached hydrogens (primary N) is 1. The van der Waals surface area contributed by atoms with Crippen LogP contribution in [0.5, 0.6) is 0 Å². The highest BCUT2D eigenvalue weighted by molar-refractivity contribution is 6.29. The maximum Gasteiger partial charge on any atom is 0.268 e. The highest BCUT2D eigenvalue weighted by Crippen LogP contribution is 2.07. The molecule has 0 saturated carbocycles. The molecule has 2 heterocycles. The predicted octanol–water partition coefficient (Wildman–Crippen LogP) is 0.415. The maximum absolute atomic E-state index is 10.8. The van der Waals surface area contributed by atoms with E-state index < -0.39 is 5.91 Å². The molecule has 0 unspecified atom stereocenters. The van der Waals surface area contributed by atoms with Crippen LogP contribution in [0.1, 0.15) is 10.5 Å². The summed E-state index contributed by atoms with van der Waals surface area (Å²) in [4.78, 5) is 14.6. The molecule has 0 aromatic carbocycles. The van der Waals surface area contributed by atoms with Gasteiger partial charge in [0.1, 0.15) is 12.0 Å². The summed E-state index contributed by atoms with van der Waals surface area (Å²) in [5.74, 6) is -0.0740. The van der Waals surface area contributed by atoms with Crippen LogP contribution in [0.15, 0.2) is 24.7 Å². The number of halogens is 1. The first-order chi connectivity index (χ1) is 7.16. The van der Waals surface area contributed by atoms with Gasteiger partial charge in [-0.25, -0.2) is 4.98 Å². The van der Waals surface area contributed by atoms with E-state index in [0.717, 1.165) is 0 Å². The third-order valence-corrected chi connectivity index (χ3v) is 1.92. The number of rotatable bonds is 2. The van der Waals surface area contributed by atoms with Crippen molar-refractivity contribution in [3.8, 4) is 5.82 Å². The van der Waals surface area contributed by atoms with Gasteiger partial charge in [-0.05, 0) is 12.1 Å². The molecule has 2 N–H and O–H groups in total. The molecule has 0 aliphatic rings. The maximum atomic E-state index is 10.8. The van der Waals surface area contributed by atoms with Gasteiger partial charge in [-0.2, -0.15) is 0 Å². The van der Waals surface area contributed by atoms with Gasteiger partial charge in [-0.3, -0.25) is 9.36 Å². The molecule has 0 radical (unpaired) electrons. The molecule has 6 nitrogen and oxygen atoms in total. The third-order valence-electron chi connectivity index (χ3n) is 1.72. The van der Waals surface area contributed by atoms with Crippen LogP contribution >= 0.6 is 11.6 Å². The van der Waals surface area contributed by atoms with Crippen LogP contribution in [0.25, 0.3) is 5.82 Å². The quantitative estimate of drug-likeness (QED) is 0.799. The molecular formula is C8H6ClN5O. The Bertz CT molecular complexity index is 492. The molecule has 2 aromatic heterocycles. The van der Waals surface area contributed by atoms with E-state index in [2.05, 4.69) is 15.2 Å². The van der Waals surface area contributed by atoms with E-state index in [1.165, 1.54) is 17.1 Å². The molecule has 1 amide bonds. The van der Waals surface area contributed by atoms with Gasteiger partial charge < -0.3 is 5.73 Å². The van der Waals surface area contributed by atoms with Crippen molar-refractivity contribution in [3.05, 3.63) is 35.5 Å². The Hall–Kier alpha value is -1.95. The Morgan fingerprint density at radius 2 is 2.20 bits per heavy atom. The zero-order valence-electron chi connectivity index (χ0n) is 7.46. The second kappa shape index (κ2) is 3.66. The highest BCUT2D eigenvalue weighted by Gasteiger charge is 2.06. The average molecular weight is 224 g/mol. The van der Waals surface area contributed by atoms with E-state index in [1.807, 2.05) is 0 Å². The first-order valence-corrected chi connectivity index (χ1v) is 4.38. The van der Waals surface area contributed by atoms with Gasteiger partial charge in [0.25, 0.3) is 5.91 Å². The summed E-state index contributed by atoms with van der Waals surface area (Å²) in [6.45, 7) is 0. The van der Waals surface area contributed by atoms with Gasteiger partial charge >= 0.3 is 0 Å². The molecular weight excluding hydrogens is 218 g/mol. The fourth-order valence-corrected chi connectivity index (χ4v) is 1.12. The summed E-state index contributed by atoms with van der Waals surface area (Å²) in [5.41, 5.74) is 5.23. The monoisotopic (exact) mass is 223 g/mol. The Balaban J connectivity index is 2.37. The van der Waals surface area contributed by atoms with E-state index >= 15 is 0 Å². The fourth-order valence-electron chi connectivity index (χ4n) is 1.02. The van der Waals surface area contributed by atoms with E-state index in [9.17, 15) is 4.79 Å². The van der Waals surface area contributed by atoms with Crippen molar-refractivity contribution in [2.24, 2.45) is 5.73 Å². The van der Waals surface area contributed by atoms with Crippen molar-refractivity contribution in [1.82, 2.24) is 19.7 Å². The van der Waals surface area contributed by atoms with E-state index in [1.54, 1.807) is 12.1 Å². The molecule has 2 aromatic rings. The number of aromatic nitrogens is 4. The van der Waals surface area contributed by atoms with Crippen molar-refractivity contribution in [2.75, 3.05) is 0 Å². The lowest BCUT2D eigenvalue weighted by atomic mass is 10.4. The van der Waals surface area contributed by atoms with Crippen molar-refractivity contribution in [1.29, 1.82) is 0 Å². The molecule has 7 heteroatoms. The Morgan fingerprint density at radius 1 is 1.40 bits per heavy atom. The van der Waals surface area contributed by atoms with Gasteiger partial charge in [0.2, 0.25) is 0 Å². The number of amides is 1. The molecule has 15 heavy (non-hydrogen) atoms. The Kier molecular flexibility index (Phi) is 2.34. The molecule has 0 atom stereocenters. The van der Waals surface area contributed by atoms with E-state index in [0.29, 0.717) is 11.0 Å². The van der Waals surface area contributed by atoms with E-state index in [-0.39, 0.29) is 5.69 Å². The number of hydrogen-bond donors (Lipinski definition) is 1. The third kappa shape index (κ3) is 1.94. The van der Waals surface area contributed by atoms with Gasteiger partial charge in [-0.1, -0.05) is 11.6 Å². The van der Waals surface area contributed by atoms with Gasteiger partial charge in [0.05, 0.1) is 0 Å². The van der Waals surface area contributed by atoms with Gasteiger partial charge in [0, 0.05) is 6.20 Å². The molecule has 0 spiro atoms. The van der Waals surface area contributed by atoms with Gasteiger partial charge in [0.15, 0.2) is 11.0 Å². The summed E-state index contributed by atoms with van der Waals surface area (Å²) in [7, 11) is 0.